The largest absolute Gasteiger partial charge is 0.294 e. The van der Waals surface area contributed by atoms with Crippen molar-refractivity contribution in [1.82, 2.24) is 0 Å². The molecule has 20 heavy (non-hydrogen) atoms. The predicted octanol–water partition coefficient (Wildman–Crippen LogP) is 4.42. The van der Waals surface area contributed by atoms with E-state index in [9.17, 15) is 9.59 Å². The van der Waals surface area contributed by atoms with Gasteiger partial charge in [0.2, 0.25) is 0 Å². The molecule has 0 unspecified atom stereocenters. The molecule has 0 bridgehead atoms. The number of benzene rings is 1. The van der Waals surface area contributed by atoms with Gasteiger partial charge >= 0.3 is 0 Å². The summed E-state index contributed by atoms with van der Waals surface area (Å²) in [6.07, 6.45) is 2.55. The molecule has 1 aromatic rings. The van der Waals surface area contributed by atoms with Crippen LogP contribution >= 0.6 is 35.0 Å². The van der Waals surface area contributed by atoms with Crippen LogP contribution in [0.5, 0.6) is 0 Å². The molecule has 0 fully saturated rings. The van der Waals surface area contributed by atoms with E-state index in [4.69, 9.17) is 23.2 Å². The molecule has 0 saturated heterocycles. The first kappa shape index (κ1) is 14.2. The number of Topliss-reactive ketones (excluding diaryl/α,β-unsaturated/α-hetero) is 2. The molecule has 3 rings (SSSR count). The quantitative estimate of drug-likeness (QED) is 0.596. The molecule has 104 valence electrons. The zero-order valence-corrected chi connectivity index (χ0v) is 13.0. The Kier molecular flexibility index (Phi) is 3.93. The highest BCUT2D eigenvalue weighted by Crippen LogP contribution is 2.39. The zero-order chi connectivity index (χ0) is 14.3. The lowest BCUT2D eigenvalue weighted by molar-refractivity contribution is -0.115. The third-order valence-corrected chi connectivity index (χ3v) is 5.54. The lowest BCUT2D eigenvalue weighted by atomic mass is 9.91. The second-order valence-corrected chi connectivity index (χ2v) is 6.86. The number of hydrogen-bond acceptors (Lipinski definition) is 3. The summed E-state index contributed by atoms with van der Waals surface area (Å²) >= 11 is 14.2. The number of thioether (sulfide) groups is 1. The van der Waals surface area contributed by atoms with E-state index in [2.05, 4.69) is 0 Å². The third-order valence-electron chi connectivity index (χ3n) is 3.63. The minimum Gasteiger partial charge on any atom is -0.294 e. The minimum atomic E-state index is -0.329. The van der Waals surface area contributed by atoms with Crippen molar-refractivity contribution < 1.29 is 9.59 Å². The molecule has 5 heteroatoms. The molecule has 1 aliphatic heterocycles. The van der Waals surface area contributed by atoms with Crippen LogP contribution in [0.1, 0.15) is 35.2 Å². The lowest BCUT2D eigenvalue weighted by Gasteiger charge is -2.15. The Morgan fingerprint density at radius 3 is 2.70 bits per heavy atom. The second kappa shape index (κ2) is 5.55. The molecule has 1 heterocycles. The fourth-order valence-corrected chi connectivity index (χ4v) is 4.39. The second-order valence-electron chi connectivity index (χ2n) is 4.89. The number of allylic oxidation sites excluding steroid dienone is 2. The van der Waals surface area contributed by atoms with E-state index in [0.29, 0.717) is 34.9 Å². The van der Waals surface area contributed by atoms with Gasteiger partial charge in [0.1, 0.15) is 0 Å². The van der Waals surface area contributed by atoms with E-state index >= 15 is 0 Å². The van der Waals surface area contributed by atoms with E-state index in [1.54, 1.807) is 17.8 Å². The SMILES string of the molecule is O=C1CCCC(Cl)=C1C(=O)c1ccc2c(c1Cl)CCS2. The molecule has 2 nitrogen and oxygen atoms in total. The van der Waals surface area contributed by atoms with Crippen LogP contribution in [0.25, 0.3) is 0 Å². The van der Waals surface area contributed by atoms with Crippen molar-refractivity contribution >= 4 is 46.5 Å². The van der Waals surface area contributed by atoms with Gasteiger partial charge in [-0.15, -0.1) is 11.8 Å². The van der Waals surface area contributed by atoms with Crippen LogP contribution in [-0.2, 0) is 11.2 Å². The number of rotatable bonds is 2. The summed E-state index contributed by atoms with van der Waals surface area (Å²) in [6.45, 7) is 0. The number of ketones is 2. The lowest BCUT2D eigenvalue weighted by Crippen LogP contribution is -2.18. The summed E-state index contributed by atoms with van der Waals surface area (Å²) in [4.78, 5) is 25.7. The monoisotopic (exact) mass is 326 g/mol. The van der Waals surface area contributed by atoms with E-state index in [-0.39, 0.29) is 17.1 Å². The summed E-state index contributed by atoms with van der Waals surface area (Å²) in [6, 6.07) is 3.62. The Morgan fingerprint density at radius 2 is 1.95 bits per heavy atom. The van der Waals surface area contributed by atoms with Gasteiger partial charge in [-0.2, -0.15) is 0 Å². The number of fused-ring (bicyclic) bond motifs is 1. The van der Waals surface area contributed by atoms with Gasteiger partial charge in [-0.05, 0) is 37.0 Å². The average Bonchev–Trinajstić information content (AvgIpc) is 2.88. The number of carbonyl (C=O) groups is 2. The van der Waals surface area contributed by atoms with Gasteiger partial charge in [0.05, 0.1) is 10.6 Å². The molecule has 0 N–H and O–H groups in total. The average molecular weight is 327 g/mol. The number of carbonyl (C=O) groups excluding carboxylic acids is 2. The molecular formula is C15H12Cl2O2S. The fraction of sp³-hybridized carbons (Fsp3) is 0.333. The highest BCUT2D eigenvalue weighted by molar-refractivity contribution is 7.99. The van der Waals surface area contributed by atoms with Gasteiger partial charge < -0.3 is 0 Å². The van der Waals surface area contributed by atoms with Crippen molar-refractivity contribution in [3.8, 4) is 0 Å². The molecule has 1 aromatic carbocycles. The molecule has 0 spiro atoms. The van der Waals surface area contributed by atoms with Crippen molar-refractivity contribution in [2.75, 3.05) is 5.75 Å². The molecule has 0 radical (unpaired) electrons. The van der Waals surface area contributed by atoms with Gasteiger partial charge in [-0.25, -0.2) is 0 Å². The first-order chi connectivity index (χ1) is 9.59. The van der Waals surface area contributed by atoms with Crippen molar-refractivity contribution in [2.24, 2.45) is 0 Å². The van der Waals surface area contributed by atoms with Crippen LogP contribution in [0, 0.1) is 0 Å². The summed E-state index contributed by atoms with van der Waals surface area (Å²) in [7, 11) is 0. The summed E-state index contributed by atoms with van der Waals surface area (Å²) < 4.78 is 0. The highest BCUT2D eigenvalue weighted by atomic mass is 35.5. The first-order valence-corrected chi connectivity index (χ1v) is 8.24. The van der Waals surface area contributed by atoms with Crippen LogP contribution in [0.4, 0.5) is 0 Å². The molecule has 2 aliphatic rings. The van der Waals surface area contributed by atoms with Crippen molar-refractivity contribution in [3.05, 3.63) is 38.9 Å². The Bertz CT molecular complexity index is 650. The summed E-state index contributed by atoms with van der Waals surface area (Å²) in [5, 5.41) is 0.852. The molecule has 0 amide bonds. The Morgan fingerprint density at radius 1 is 1.15 bits per heavy atom. The fourth-order valence-electron chi connectivity index (χ4n) is 2.60. The van der Waals surface area contributed by atoms with Crippen LogP contribution in [0.2, 0.25) is 5.02 Å². The standard InChI is InChI=1S/C15H12Cl2O2S/c16-10-2-1-3-11(18)13(10)15(19)9-4-5-12-8(14(9)17)6-7-20-12/h4-5H,1-3,6-7H2. The maximum atomic E-state index is 12.6. The summed E-state index contributed by atoms with van der Waals surface area (Å²) in [5.74, 6) is 0.483. The molecule has 0 atom stereocenters. The highest BCUT2D eigenvalue weighted by Gasteiger charge is 2.29. The van der Waals surface area contributed by atoms with Crippen molar-refractivity contribution in [3.63, 3.8) is 0 Å². The van der Waals surface area contributed by atoms with Crippen LogP contribution < -0.4 is 0 Å². The number of halogens is 2. The van der Waals surface area contributed by atoms with Crippen molar-refractivity contribution in [1.29, 1.82) is 0 Å². The maximum Gasteiger partial charge on any atom is 0.199 e. The van der Waals surface area contributed by atoms with E-state index in [1.807, 2.05) is 6.07 Å². The van der Waals surface area contributed by atoms with Crippen LogP contribution in [0.3, 0.4) is 0 Å². The number of hydrogen-bond donors (Lipinski definition) is 0. The van der Waals surface area contributed by atoms with Gasteiger partial charge in [0, 0.05) is 27.7 Å². The van der Waals surface area contributed by atoms with Gasteiger partial charge in [0.25, 0.3) is 0 Å². The maximum absolute atomic E-state index is 12.6. The molecule has 0 aromatic heterocycles. The minimum absolute atomic E-state index is 0.130. The Hall–Kier alpha value is -0.770. The topological polar surface area (TPSA) is 34.1 Å². The Balaban J connectivity index is 2.06. The van der Waals surface area contributed by atoms with Crippen LogP contribution in [0.15, 0.2) is 27.6 Å². The zero-order valence-electron chi connectivity index (χ0n) is 10.7. The van der Waals surface area contributed by atoms with E-state index in [1.165, 1.54) is 0 Å². The molecular weight excluding hydrogens is 315 g/mol. The predicted molar refractivity (Wildman–Crippen MR) is 81.9 cm³/mol. The summed E-state index contributed by atoms with van der Waals surface area (Å²) in [5.41, 5.74) is 1.55. The van der Waals surface area contributed by atoms with Crippen molar-refractivity contribution in [2.45, 2.75) is 30.6 Å². The van der Waals surface area contributed by atoms with Gasteiger partial charge in [-0.3, -0.25) is 9.59 Å². The molecule has 1 aliphatic carbocycles. The van der Waals surface area contributed by atoms with Crippen LogP contribution in [-0.4, -0.2) is 17.3 Å². The first-order valence-electron chi connectivity index (χ1n) is 6.50. The van der Waals surface area contributed by atoms with Gasteiger partial charge in [0.15, 0.2) is 11.6 Å². The van der Waals surface area contributed by atoms with E-state index < -0.39 is 0 Å². The smallest absolute Gasteiger partial charge is 0.199 e. The normalized spacial score (nSPS) is 18.4. The van der Waals surface area contributed by atoms with E-state index in [0.717, 1.165) is 22.6 Å². The third kappa shape index (κ3) is 2.32. The van der Waals surface area contributed by atoms with Gasteiger partial charge in [-0.1, -0.05) is 23.2 Å². The molecule has 0 saturated carbocycles. The Labute approximate surface area is 131 Å².